The summed E-state index contributed by atoms with van der Waals surface area (Å²) in [6, 6.07) is 7.85. The highest BCUT2D eigenvalue weighted by atomic mass is 35.5. The molecule has 4 rings (SSSR count). The quantitative estimate of drug-likeness (QED) is 0.801. The molecule has 1 aromatic carbocycles. The van der Waals surface area contributed by atoms with E-state index < -0.39 is 0 Å². The SMILES string of the molecule is CCN1C(=O)CSC12CCN(CC1COc3ccccc3O1)CC2.Cl. The van der Waals surface area contributed by atoms with Crippen LogP contribution in [0.2, 0.25) is 0 Å². The summed E-state index contributed by atoms with van der Waals surface area (Å²) in [5.74, 6) is 2.63. The van der Waals surface area contributed by atoms with Crippen molar-refractivity contribution in [2.75, 3.05) is 38.5 Å². The third-order valence-corrected chi connectivity index (χ3v) is 6.80. The average molecular weight is 385 g/mol. The summed E-state index contributed by atoms with van der Waals surface area (Å²) in [6.07, 6.45) is 2.16. The first-order valence-electron chi connectivity index (χ1n) is 8.75. The molecule has 3 aliphatic rings. The van der Waals surface area contributed by atoms with Gasteiger partial charge in [-0.2, -0.15) is 0 Å². The molecule has 0 saturated carbocycles. The maximum absolute atomic E-state index is 12.0. The number of hydrogen-bond donors (Lipinski definition) is 0. The number of halogens is 1. The number of carbonyl (C=O) groups is 1. The van der Waals surface area contributed by atoms with Crippen LogP contribution in [0.15, 0.2) is 24.3 Å². The van der Waals surface area contributed by atoms with Gasteiger partial charge in [-0.1, -0.05) is 12.1 Å². The van der Waals surface area contributed by atoms with E-state index in [2.05, 4.69) is 16.7 Å². The first kappa shape index (κ1) is 18.7. The lowest BCUT2D eigenvalue weighted by molar-refractivity contribution is -0.131. The van der Waals surface area contributed by atoms with E-state index in [1.807, 2.05) is 36.0 Å². The summed E-state index contributed by atoms with van der Waals surface area (Å²) in [5.41, 5.74) is 0. The third kappa shape index (κ3) is 3.57. The van der Waals surface area contributed by atoms with Gasteiger partial charge in [-0.05, 0) is 31.9 Å². The fourth-order valence-electron chi connectivity index (χ4n) is 3.98. The standard InChI is InChI=1S/C18H24N2O3S.ClH/c1-2-20-17(21)13-24-18(20)7-9-19(10-8-18)11-14-12-22-15-5-3-4-6-16(15)23-14;/h3-6,14H,2,7-13H2,1H3;1H. The van der Waals surface area contributed by atoms with Crippen molar-refractivity contribution in [3.63, 3.8) is 0 Å². The summed E-state index contributed by atoms with van der Waals surface area (Å²) in [4.78, 5) is 16.6. The van der Waals surface area contributed by atoms with E-state index in [-0.39, 0.29) is 23.4 Å². The number of piperidine rings is 1. The van der Waals surface area contributed by atoms with Gasteiger partial charge in [0.25, 0.3) is 0 Å². The molecule has 1 aromatic rings. The average Bonchev–Trinajstić information content (AvgIpc) is 2.92. The lowest BCUT2D eigenvalue weighted by Gasteiger charge is -2.44. The van der Waals surface area contributed by atoms with E-state index in [1.165, 1.54) is 0 Å². The maximum Gasteiger partial charge on any atom is 0.233 e. The van der Waals surface area contributed by atoms with E-state index in [9.17, 15) is 4.79 Å². The van der Waals surface area contributed by atoms with E-state index in [1.54, 1.807) is 0 Å². The Morgan fingerprint density at radius 2 is 1.96 bits per heavy atom. The summed E-state index contributed by atoms with van der Waals surface area (Å²) in [6.45, 7) is 6.42. The molecule has 0 aromatic heterocycles. The van der Waals surface area contributed by atoms with Crippen LogP contribution in [0.1, 0.15) is 19.8 Å². The molecule has 3 aliphatic heterocycles. The number of benzene rings is 1. The Hall–Kier alpha value is -1.11. The van der Waals surface area contributed by atoms with Gasteiger partial charge in [0.1, 0.15) is 12.7 Å². The van der Waals surface area contributed by atoms with Crippen LogP contribution in [0.25, 0.3) is 0 Å². The van der Waals surface area contributed by atoms with Crippen LogP contribution in [0.5, 0.6) is 11.5 Å². The van der Waals surface area contributed by atoms with Gasteiger partial charge in [-0.15, -0.1) is 24.2 Å². The number of fused-ring (bicyclic) bond motifs is 1. The molecule has 0 bridgehead atoms. The molecule has 0 N–H and O–H groups in total. The second-order valence-corrected chi connectivity index (χ2v) is 8.01. The number of rotatable bonds is 3. The van der Waals surface area contributed by atoms with Gasteiger partial charge in [-0.3, -0.25) is 9.69 Å². The van der Waals surface area contributed by atoms with Gasteiger partial charge in [0.2, 0.25) is 5.91 Å². The molecule has 1 unspecified atom stereocenters. The number of likely N-dealkylation sites (tertiary alicyclic amines) is 1. The van der Waals surface area contributed by atoms with Crippen molar-refractivity contribution < 1.29 is 14.3 Å². The Bertz CT molecular complexity index is 622. The van der Waals surface area contributed by atoms with Crippen LogP contribution in [-0.2, 0) is 4.79 Å². The van der Waals surface area contributed by atoms with Gasteiger partial charge >= 0.3 is 0 Å². The molecule has 1 atom stereocenters. The summed E-state index contributed by atoms with van der Waals surface area (Å²) in [5, 5.41) is 0. The molecule has 25 heavy (non-hydrogen) atoms. The minimum atomic E-state index is 0. The number of carbonyl (C=O) groups excluding carboxylic acids is 1. The zero-order chi connectivity index (χ0) is 16.6. The normalized spacial score (nSPS) is 25.1. The minimum absolute atomic E-state index is 0. The van der Waals surface area contributed by atoms with Crippen molar-refractivity contribution in [2.45, 2.75) is 30.7 Å². The summed E-state index contributed by atoms with van der Waals surface area (Å²) >= 11 is 1.84. The molecule has 2 saturated heterocycles. The lowest BCUT2D eigenvalue weighted by atomic mass is 10.0. The van der Waals surface area contributed by atoms with E-state index >= 15 is 0 Å². The highest BCUT2D eigenvalue weighted by Crippen LogP contribution is 2.44. The molecule has 1 spiro atoms. The van der Waals surface area contributed by atoms with Crippen LogP contribution >= 0.6 is 24.2 Å². The molecular formula is C18H25ClN2O3S. The molecule has 5 nitrogen and oxygen atoms in total. The number of para-hydroxylation sites is 2. The Morgan fingerprint density at radius 1 is 1.24 bits per heavy atom. The van der Waals surface area contributed by atoms with Crippen molar-refractivity contribution >= 4 is 30.1 Å². The lowest BCUT2D eigenvalue weighted by Crippen LogP contribution is -2.53. The van der Waals surface area contributed by atoms with Crippen LogP contribution in [0, 0.1) is 0 Å². The topological polar surface area (TPSA) is 42.0 Å². The largest absolute Gasteiger partial charge is 0.486 e. The minimum Gasteiger partial charge on any atom is -0.486 e. The third-order valence-electron chi connectivity index (χ3n) is 5.24. The summed E-state index contributed by atoms with van der Waals surface area (Å²) in [7, 11) is 0. The fourth-order valence-corrected chi connectivity index (χ4v) is 5.39. The van der Waals surface area contributed by atoms with Crippen LogP contribution in [0.4, 0.5) is 0 Å². The number of thioether (sulfide) groups is 1. The first-order chi connectivity index (χ1) is 11.7. The Kier molecular flexibility index (Phi) is 5.71. The molecule has 2 fully saturated rings. The molecule has 7 heteroatoms. The van der Waals surface area contributed by atoms with Gasteiger partial charge in [-0.25, -0.2) is 0 Å². The van der Waals surface area contributed by atoms with E-state index in [0.717, 1.165) is 50.5 Å². The Balaban J connectivity index is 0.00000182. The smallest absolute Gasteiger partial charge is 0.233 e. The molecule has 138 valence electrons. The van der Waals surface area contributed by atoms with E-state index in [0.29, 0.717) is 18.3 Å². The molecular weight excluding hydrogens is 360 g/mol. The van der Waals surface area contributed by atoms with Gasteiger partial charge in [0.15, 0.2) is 11.5 Å². The van der Waals surface area contributed by atoms with Gasteiger partial charge in [0.05, 0.1) is 10.6 Å². The van der Waals surface area contributed by atoms with Crippen molar-refractivity contribution in [3.05, 3.63) is 24.3 Å². The highest BCUT2D eigenvalue weighted by molar-refractivity contribution is 8.01. The van der Waals surface area contributed by atoms with Crippen molar-refractivity contribution in [1.29, 1.82) is 0 Å². The molecule has 0 radical (unpaired) electrons. The van der Waals surface area contributed by atoms with Crippen LogP contribution < -0.4 is 9.47 Å². The second kappa shape index (κ2) is 7.64. The van der Waals surface area contributed by atoms with Gasteiger partial charge in [0, 0.05) is 26.2 Å². The van der Waals surface area contributed by atoms with Crippen LogP contribution in [-0.4, -0.2) is 65.2 Å². The second-order valence-electron chi connectivity index (χ2n) is 6.67. The monoisotopic (exact) mass is 384 g/mol. The molecule has 1 amide bonds. The number of ether oxygens (including phenoxy) is 2. The predicted octanol–water partition coefficient (Wildman–Crippen LogP) is 2.64. The maximum atomic E-state index is 12.0. The number of nitrogens with zero attached hydrogens (tertiary/aromatic N) is 2. The Labute approximate surface area is 159 Å². The Morgan fingerprint density at radius 3 is 2.68 bits per heavy atom. The molecule has 0 aliphatic carbocycles. The first-order valence-corrected chi connectivity index (χ1v) is 9.74. The fraction of sp³-hybridized carbons (Fsp3) is 0.611. The highest BCUT2D eigenvalue weighted by Gasteiger charge is 2.47. The predicted molar refractivity (Wildman–Crippen MR) is 102 cm³/mol. The van der Waals surface area contributed by atoms with Gasteiger partial charge < -0.3 is 14.4 Å². The van der Waals surface area contributed by atoms with Crippen LogP contribution in [0.3, 0.4) is 0 Å². The van der Waals surface area contributed by atoms with Crippen molar-refractivity contribution in [1.82, 2.24) is 9.80 Å². The number of hydrogen-bond acceptors (Lipinski definition) is 5. The van der Waals surface area contributed by atoms with Crippen molar-refractivity contribution in [3.8, 4) is 11.5 Å². The zero-order valence-corrected chi connectivity index (χ0v) is 16.1. The van der Waals surface area contributed by atoms with E-state index in [4.69, 9.17) is 9.47 Å². The summed E-state index contributed by atoms with van der Waals surface area (Å²) < 4.78 is 11.9. The number of amides is 1. The molecule has 3 heterocycles. The zero-order valence-electron chi connectivity index (χ0n) is 14.5. The van der Waals surface area contributed by atoms with Crippen molar-refractivity contribution in [2.24, 2.45) is 0 Å².